The molecule has 0 spiro atoms. The molecular weight excluding hydrogens is 368 g/mol. The minimum atomic E-state index is -0.599. The number of aliphatic imine (C=N–C) groups is 1. The Hall–Kier alpha value is -4.50. The molecule has 1 aromatic carbocycles. The summed E-state index contributed by atoms with van der Waals surface area (Å²) in [6, 6.07) is 12.8. The summed E-state index contributed by atoms with van der Waals surface area (Å²) >= 11 is 0. The molecule has 9 nitrogen and oxygen atoms in total. The number of hydrogen-bond acceptors (Lipinski definition) is 9. The van der Waals surface area contributed by atoms with Gasteiger partial charge in [-0.1, -0.05) is 18.2 Å². The van der Waals surface area contributed by atoms with Crippen molar-refractivity contribution >= 4 is 23.3 Å². The van der Waals surface area contributed by atoms with Crippen LogP contribution in [0.1, 0.15) is 28.5 Å². The first-order chi connectivity index (χ1) is 14.0. The predicted octanol–water partition coefficient (Wildman–Crippen LogP) is 2.63. The van der Waals surface area contributed by atoms with Crippen molar-refractivity contribution < 1.29 is 4.42 Å². The molecule has 1 aliphatic heterocycles. The van der Waals surface area contributed by atoms with E-state index in [1.807, 2.05) is 55.6 Å². The summed E-state index contributed by atoms with van der Waals surface area (Å²) in [7, 11) is 0. The number of nitrogens with two attached hydrogens (primary N) is 2. The standard InChI is InChI=1S/C20H16N8O/c1-10-5-6-14(29-10)11-3-2-4-12(7-11)17-15-16(23)13(8-21)18(24)27-19(15)28-20(26-17)25-9-22/h2-7,17H,1H3,(H6,23,24,25,26,27,28). The van der Waals surface area contributed by atoms with Crippen molar-refractivity contribution in [2.75, 3.05) is 16.8 Å². The molecule has 4 rings (SSSR count). The Labute approximate surface area is 166 Å². The number of pyridine rings is 1. The lowest BCUT2D eigenvalue weighted by atomic mass is 9.94. The maximum absolute atomic E-state index is 9.41. The van der Waals surface area contributed by atoms with Gasteiger partial charge in [-0.25, -0.2) is 9.98 Å². The minimum Gasteiger partial charge on any atom is -0.461 e. The van der Waals surface area contributed by atoms with E-state index in [0.717, 1.165) is 22.6 Å². The summed E-state index contributed by atoms with van der Waals surface area (Å²) in [5, 5.41) is 23.8. The van der Waals surface area contributed by atoms with E-state index in [9.17, 15) is 5.26 Å². The normalized spacial score (nSPS) is 14.7. The number of nitrogens with zero attached hydrogens (tertiary/aromatic N) is 4. The molecule has 0 radical (unpaired) electrons. The van der Waals surface area contributed by atoms with Crippen molar-refractivity contribution in [1.82, 2.24) is 10.3 Å². The summed E-state index contributed by atoms with van der Waals surface area (Å²) in [4.78, 5) is 8.81. The topological polar surface area (TPSA) is 162 Å². The molecule has 0 saturated carbocycles. The van der Waals surface area contributed by atoms with Crippen molar-refractivity contribution in [3.05, 3.63) is 58.8 Å². The van der Waals surface area contributed by atoms with Crippen LogP contribution in [0.3, 0.4) is 0 Å². The highest BCUT2D eigenvalue weighted by Crippen LogP contribution is 2.41. The Kier molecular flexibility index (Phi) is 4.26. The van der Waals surface area contributed by atoms with Crippen LogP contribution < -0.4 is 22.1 Å². The number of anilines is 3. The third-order valence-corrected chi connectivity index (χ3v) is 4.58. The second-order valence-corrected chi connectivity index (χ2v) is 6.44. The lowest BCUT2D eigenvalue weighted by molar-refractivity contribution is 0.548. The highest BCUT2D eigenvalue weighted by molar-refractivity contribution is 5.98. The quantitative estimate of drug-likeness (QED) is 0.387. The first-order valence-corrected chi connectivity index (χ1v) is 8.67. The van der Waals surface area contributed by atoms with Crippen LogP contribution in [0.15, 0.2) is 45.8 Å². The maximum Gasteiger partial charge on any atom is 0.211 e. The molecule has 2 aromatic heterocycles. The van der Waals surface area contributed by atoms with Crippen LogP contribution >= 0.6 is 0 Å². The van der Waals surface area contributed by atoms with E-state index in [1.165, 1.54) is 0 Å². The van der Waals surface area contributed by atoms with Gasteiger partial charge in [-0.15, -0.1) is 0 Å². The Morgan fingerprint density at radius 1 is 1.21 bits per heavy atom. The van der Waals surface area contributed by atoms with Crippen molar-refractivity contribution in [3.8, 4) is 23.6 Å². The van der Waals surface area contributed by atoms with Gasteiger partial charge in [-0.3, -0.25) is 5.32 Å². The SMILES string of the molecule is Cc1ccc(-c2cccc(C3N=C(NC#N)Nc4nc(N)c(C#N)c(N)c43)c2)o1. The fourth-order valence-corrected chi connectivity index (χ4v) is 3.27. The van der Waals surface area contributed by atoms with Gasteiger partial charge in [0.15, 0.2) is 6.19 Å². The van der Waals surface area contributed by atoms with Crippen LogP contribution in [0, 0.1) is 29.7 Å². The number of nitrogen functional groups attached to an aromatic ring is 2. The second kappa shape index (κ2) is 6.91. The monoisotopic (exact) mass is 384 g/mol. The number of aromatic nitrogens is 1. The lowest BCUT2D eigenvalue weighted by Crippen LogP contribution is -2.32. The minimum absolute atomic E-state index is 0.00743. The van der Waals surface area contributed by atoms with Crippen LogP contribution in [0.5, 0.6) is 0 Å². The van der Waals surface area contributed by atoms with Gasteiger partial charge >= 0.3 is 0 Å². The highest BCUT2D eigenvalue weighted by atomic mass is 16.3. The van der Waals surface area contributed by atoms with Crippen LogP contribution in [-0.2, 0) is 0 Å². The van der Waals surface area contributed by atoms with Crippen molar-refractivity contribution in [2.24, 2.45) is 4.99 Å². The average molecular weight is 384 g/mol. The van der Waals surface area contributed by atoms with Gasteiger partial charge in [-0.05, 0) is 30.7 Å². The molecule has 0 aliphatic carbocycles. The average Bonchev–Trinajstić information content (AvgIpc) is 3.14. The molecule has 1 unspecified atom stereocenters. The van der Waals surface area contributed by atoms with E-state index in [2.05, 4.69) is 20.6 Å². The number of benzene rings is 1. The van der Waals surface area contributed by atoms with Gasteiger partial charge in [0.05, 0.1) is 5.69 Å². The Balaban J connectivity index is 1.89. The molecule has 0 saturated heterocycles. The van der Waals surface area contributed by atoms with E-state index >= 15 is 0 Å². The molecule has 3 heterocycles. The van der Waals surface area contributed by atoms with E-state index in [0.29, 0.717) is 11.4 Å². The van der Waals surface area contributed by atoms with E-state index in [4.69, 9.17) is 21.1 Å². The van der Waals surface area contributed by atoms with Crippen molar-refractivity contribution in [3.63, 3.8) is 0 Å². The van der Waals surface area contributed by atoms with E-state index < -0.39 is 6.04 Å². The zero-order valence-corrected chi connectivity index (χ0v) is 15.4. The summed E-state index contributed by atoms with van der Waals surface area (Å²) in [5.41, 5.74) is 14.6. The van der Waals surface area contributed by atoms with Crippen molar-refractivity contribution in [2.45, 2.75) is 13.0 Å². The number of aryl methyl sites for hydroxylation is 1. The first kappa shape index (κ1) is 17.9. The number of hydrogen-bond donors (Lipinski definition) is 4. The summed E-state index contributed by atoms with van der Waals surface area (Å²) in [5.74, 6) is 2.09. The molecule has 142 valence electrons. The van der Waals surface area contributed by atoms with Gasteiger partial charge in [-0.2, -0.15) is 10.5 Å². The largest absolute Gasteiger partial charge is 0.461 e. The number of nitriles is 2. The number of furan rings is 1. The molecule has 0 bridgehead atoms. The third-order valence-electron chi connectivity index (χ3n) is 4.58. The molecule has 6 N–H and O–H groups in total. The number of rotatable bonds is 2. The molecular formula is C20H16N8O. The summed E-state index contributed by atoms with van der Waals surface area (Å²) < 4.78 is 5.72. The number of nitrogens with one attached hydrogen (secondary N) is 2. The molecule has 1 aliphatic rings. The van der Waals surface area contributed by atoms with Gasteiger partial charge in [0.2, 0.25) is 5.96 Å². The van der Waals surface area contributed by atoms with Crippen LogP contribution in [0.2, 0.25) is 0 Å². The Morgan fingerprint density at radius 2 is 2.03 bits per heavy atom. The molecule has 0 fully saturated rings. The van der Waals surface area contributed by atoms with Gasteiger partial charge in [0, 0.05) is 11.1 Å². The molecule has 0 amide bonds. The number of fused-ring (bicyclic) bond motifs is 1. The number of guanidine groups is 1. The third kappa shape index (κ3) is 3.07. The van der Waals surface area contributed by atoms with Crippen LogP contribution in [-0.4, -0.2) is 10.9 Å². The van der Waals surface area contributed by atoms with Crippen LogP contribution in [0.25, 0.3) is 11.3 Å². The highest BCUT2D eigenvalue weighted by Gasteiger charge is 2.29. The molecule has 9 heteroatoms. The molecule has 1 atom stereocenters. The molecule has 3 aromatic rings. The first-order valence-electron chi connectivity index (χ1n) is 8.67. The smallest absolute Gasteiger partial charge is 0.211 e. The zero-order valence-electron chi connectivity index (χ0n) is 15.4. The zero-order chi connectivity index (χ0) is 20.5. The Morgan fingerprint density at radius 3 is 2.72 bits per heavy atom. The fraction of sp³-hybridized carbons (Fsp3) is 0.100. The van der Waals surface area contributed by atoms with E-state index in [1.54, 1.807) is 0 Å². The van der Waals surface area contributed by atoms with Gasteiger partial charge < -0.3 is 21.2 Å². The second-order valence-electron chi connectivity index (χ2n) is 6.44. The predicted molar refractivity (Wildman–Crippen MR) is 108 cm³/mol. The van der Waals surface area contributed by atoms with E-state index in [-0.39, 0.29) is 23.0 Å². The Bertz CT molecular complexity index is 1230. The van der Waals surface area contributed by atoms with Gasteiger partial charge in [0.1, 0.15) is 40.8 Å². The fourth-order valence-electron chi connectivity index (χ4n) is 3.27. The summed E-state index contributed by atoms with van der Waals surface area (Å²) in [6.45, 7) is 1.88. The van der Waals surface area contributed by atoms with Crippen molar-refractivity contribution in [1.29, 1.82) is 10.5 Å². The molecule has 29 heavy (non-hydrogen) atoms. The lowest BCUT2D eigenvalue weighted by Gasteiger charge is -2.26. The van der Waals surface area contributed by atoms with Crippen LogP contribution in [0.4, 0.5) is 17.3 Å². The van der Waals surface area contributed by atoms with Gasteiger partial charge in [0.25, 0.3) is 0 Å². The summed E-state index contributed by atoms with van der Waals surface area (Å²) in [6.07, 6.45) is 1.83. The maximum atomic E-state index is 9.41.